The molecule has 3 amide bonds. The van der Waals surface area contributed by atoms with Gasteiger partial charge in [-0.05, 0) is 52.7 Å². The highest BCUT2D eigenvalue weighted by molar-refractivity contribution is 9.10. The number of ether oxygens (including phenoxy) is 2. The quantitative estimate of drug-likeness (QED) is 0.558. The molecule has 1 unspecified atom stereocenters. The Balaban J connectivity index is 1.87. The molecule has 1 aliphatic rings. The summed E-state index contributed by atoms with van der Waals surface area (Å²) in [5, 5.41) is 8.27. The van der Waals surface area contributed by atoms with Crippen molar-refractivity contribution < 1.29 is 23.9 Å². The second-order valence-corrected chi connectivity index (χ2v) is 7.30. The lowest BCUT2D eigenvalue weighted by molar-refractivity contribution is -0.142. The molecule has 1 aliphatic heterocycles. The molecule has 0 aliphatic carbocycles. The molecule has 0 saturated heterocycles. The lowest BCUT2D eigenvalue weighted by atomic mass is 9.94. The Labute approximate surface area is 181 Å². The fourth-order valence-electron chi connectivity index (χ4n) is 2.97. The Morgan fingerprint density at radius 1 is 1.17 bits per heavy atom. The molecule has 3 N–H and O–H groups in total. The third-order valence-electron chi connectivity index (χ3n) is 4.41. The van der Waals surface area contributed by atoms with Gasteiger partial charge in [0, 0.05) is 11.4 Å². The molecule has 0 fully saturated rings. The van der Waals surface area contributed by atoms with Gasteiger partial charge in [-0.1, -0.05) is 24.3 Å². The van der Waals surface area contributed by atoms with E-state index in [4.69, 9.17) is 4.74 Å². The van der Waals surface area contributed by atoms with Crippen LogP contribution in [0.25, 0.3) is 0 Å². The summed E-state index contributed by atoms with van der Waals surface area (Å²) in [4.78, 5) is 36.3. The molecule has 0 spiro atoms. The van der Waals surface area contributed by atoms with Crippen molar-refractivity contribution in [1.82, 2.24) is 10.6 Å². The minimum Gasteiger partial charge on any atom is -0.481 e. The van der Waals surface area contributed by atoms with E-state index in [2.05, 4.69) is 36.6 Å². The van der Waals surface area contributed by atoms with Crippen molar-refractivity contribution in [2.45, 2.75) is 13.0 Å². The standard InChI is InChI=1S/C21H20BrN3O5/c1-12-18(20(27)24-14-6-4-3-5-7-14)19(25-21(28)23-12)13-8-9-16(15(22)10-13)30-11-17(26)29-2/h3-10,19H,11H2,1-2H3,(H,24,27)(H2,23,25,28). The molecule has 0 radical (unpaired) electrons. The predicted molar refractivity (Wildman–Crippen MR) is 114 cm³/mol. The lowest BCUT2D eigenvalue weighted by Crippen LogP contribution is -2.46. The van der Waals surface area contributed by atoms with Crippen LogP contribution in [-0.4, -0.2) is 31.6 Å². The molecule has 3 rings (SSSR count). The van der Waals surface area contributed by atoms with Crippen LogP contribution in [0.15, 0.2) is 64.3 Å². The summed E-state index contributed by atoms with van der Waals surface area (Å²) in [7, 11) is 1.28. The number of rotatable bonds is 6. The van der Waals surface area contributed by atoms with Crippen molar-refractivity contribution >= 4 is 39.5 Å². The second kappa shape index (κ2) is 9.45. The number of hydrogen-bond acceptors (Lipinski definition) is 5. The topological polar surface area (TPSA) is 106 Å². The Kier molecular flexibility index (Phi) is 6.73. The largest absolute Gasteiger partial charge is 0.481 e. The number of hydrogen-bond donors (Lipinski definition) is 3. The molecule has 0 aromatic heterocycles. The highest BCUT2D eigenvalue weighted by Crippen LogP contribution is 2.33. The van der Waals surface area contributed by atoms with Crippen LogP contribution in [-0.2, 0) is 14.3 Å². The number of anilines is 1. The van der Waals surface area contributed by atoms with Crippen LogP contribution in [0.3, 0.4) is 0 Å². The van der Waals surface area contributed by atoms with Crippen LogP contribution < -0.4 is 20.7 Å². The number of halogens is 1. The van der Waals surface area contributed by atoms with Gasteiger partial charge in [-0.3, -0.25) is 4.79 Å². The normalized spacial score (nSPS) is 15.7. The van der Waals surface area contributed by atoms with E-state index in [0.29, 0.717) is 32.7 Å². The first-order valence-electron chi connectivity index (χ1n) is 9.02. The van der Waals surface area contributed by atoms with Crippen molar-refractivity contribution in [2.24, 2.45) is 0 Å². The number of nitrogens with one attached hydrogen (secondary N) is 3. The average molecular weight is 474 g/mol. The Hall–Kier alpha value is -3.33. The summed E-state index contributed by atoms with van der Waals surface area (Å²) < 4.78 is 10.5. The zero-order valence-electron chi connectivity index (χ0n) is 16.3. The van der Waals surface area contributed by atoms with Gasteiger partial charge >= 0.3 is 12.0 Å². The minimum atomic E-state index is -0.673. The molecule has 0 saturated carbocycles. The molecular weight excluding hydrogens is 454 g/mol. The van der Waals surface area contributed by atoms with Gasteiger partial charge in [0.25, 0.3) is 5.91 Å². The van der Waals surface area contributed by atoms with Gasteiger partial charge in [0.15, 0.2) is 6.61 Å². The Bertz CT molecular complexity index is 1010. The number of para-hydroxylation sites is 1. The van der Waals surface area contributed by atoms with Gasteiger partial charge in [0.1, 0.15) is 5.75 Å². The maximum Gasteiger partial charge on any atom is 0.343 e. The van der Waals surface area contributed by atoms with E-state index in [0.717, 1.165) is 0 Å². The molecule has 2 aromatic rings. The van der Waals surface area contributed by atoms with Gasteiger partial charge < -0.3 is 25.4 Å². The van der Waals surface area contributed by atoms with Gasteiger partial charge in [-0.2, -0.15) is 0 Å². The number of urea groups is 1. The van der Waals surface area contributed by atoms with Gasteiger partial charge in [-0.15, -0.1) is 0 Å². The van der Waals surface area contributed by atoms with Crippen molar-refractivity contribution in [3.8, 4) is 5.75 Å². The first-order chi connectivity index (χ1) is 14.4. The van der Waals surface area contributed by atoms with E-state index >= 15 is 0 Å². The molecule has 9 heteroatoms. The molecule has 30 heavy (non-hydrogen) atoms. The minimum absolute atomic E-state index is 0.234. The smallest absolute Gasteiger partial charge is 0.343 e. The maximum absolute atomic E-state index is 13.0. The van der Waals surface area contributed by atoms with E-state index < -0.39 is 18.0 Å². The van der Waals surface area contributed by atoms with Crippen molar-refractivity contribution in [3.63, 3.8) is 0 Å². The summed E-state index contributed by atoms with van der Waals surface area (Å²) in [6.07, 6.45) is 0. The third-order valence-corrected chi connectivity index (χ3v) is 5.03. The zero-order valence-corrected chi connectivity index (χ0v) is 17.9. The zero-order chi connectivity index (χ0) is 21.7. The van der Waals surface area contributed by atoms with Crippen LogP contribution in [0.1, 0.15) is 18.5 Å². The molecule has 8 nitrogen and oxygen atoms in total. The summed E-state index contributed by atoms with van der Waals surface area (Å²) >= 11 is 3.40. The van der Waals surface area contributed by atoms with Crippen LogP contribution >= 0.6 is 15.9 Å². The molecule has 0 bridgehead atoms. The third kappa shape index (κ3) is 4.98. The molecular formula is C21H20BrN3O5. The van der Waals surface area contributed by atoms with E-state index in [9.17, 15) is 14.4 Å². The van der Waals surface area contributed by atoms with Crippen LogP contribution in [0.2, 0.25) is 0 Å². The fourth-order valence-corrected chi connectivity index (χ4v) is 3.49. The van der Waals surface area contributed by atoms with Gasteiger partial charge in [0.2, 0.25) is 0 Å². The number of methoxy groups -OCH3 is 1. The van der Waals surface area contributed by atoms with Crippen LogP contribution in [0.5, 0.6) is 5.75 Å². The van der Waals surface area contributed by atoms with Crippen molar-refractivity contribution in [2.75, 3.05) is 19.0 Å². The lowest BCUT2D eigenvalue weighted by Gasteiger charge is -2.29. The number of esters is 1. The second-order valence-electron chi connectivity index (χ2n) is 6.44. The van der Waals surface area contributed by atoms with Gasteiger partial charge in [0.05, 0.1) is 23.2 Å². The van der Waals surface area contributed by atoms with Crippen molar-refractivity contribution in [3.05, 3.63) is 69.8 Å². The highest BCUT2D eigenvalue weighted by atomic mass is 79.9. The maximum atomic E-state index is 13.0. The fraction of sp³-hybridized carbons (Fsp3) is 0.190. The summed E-state index contributed by atoms with van der Waals surface area (Å²) in [6, 6.07) is 13.1. The first kappa shape index (κ1) is 21.4. The summed E-state index contributed by atoms with van der Waals surface area (Å²) in [6.45, 7) is 1.44. The summed E-state index contributed by atoms with van der Waals surface area (Å²) in [5.41, 5.74) is 2.15. The number of benzene rings is 2. The van der Waals surface area contributed by atoms with E-state index in [1.165, 1.54) is 7.11 Å². The van der Waals surface area contributed by atoms with Crippen molar-refractivity contribution in [1.29, 1.82) is 0 Å². The average Bonchev–Trinajstić information content (AvgIpc) is 2.72. The molecule has 1 atom stereocenters. The first-order valence-corrected chi connectivity index (χ1v) is 9.82. The SMILES string of the molecule is COC(=O)COc1ccc(C2NC(=O)NC(C)=C2C(=O)Nc2ccccc2)cc1Br. The number of carbonyl (C=O) groups excluding carboxylic acids is 3. The molecule has 2 aromatic carbocycles. The predicted octanol–water partition coefficient (Wildman–Crippen LogP) is 3.27. The number of amides is 3. The molecule has 1 heterocycles. The van der Waals surface area contributed by atoms with Crippen LogP contribution in [0, 0.1) is 0 Å². The number of allylic oxidation sites excluding steroid dienone is 1. The van der Waals surface area contributed by atoms with Gasteiger partial charge in [-0.25, -0.2) is 9.59 Å². The Morgan fingerprint density at radius 2 is 1.90 bits per heavy atom. The molecule has 156 valence electrons. The van der Waals surface area contributed by atoms with Crippen LogP contribution in [0.4, 0.5) is 10.5 Å². The van der Waals surface area contributed by atoms with E-state index in [-0.39, 0.29) is 12.5 Å². The Morgan fingerprint density at radius 3 is 2.57 bits per heavy atom. The highest BCUT2D eigenvalue weighted by Gasteiger charge is 2.31. The van der Waals surface area contributed by atoms with E-state index in [1.54, 1.807) is 37.3 Å². The monoisotopic (exact) mass is 473 g/mol. The van der Waals surface area contributed by atoms with E-state index in [1.807, 2.05) is 18.2 Å². The number of carbonyl (C=O) groups is 3. The summed E-state index contributed by atoms with van der Waals surface area (Å²) in [5.74, 6) is -0.409.